The molecule has 5 heterocycles. The largest absolute Gasteiger partial charge is 0.437 e. The van der Waals surface area contributed by atoms with E-state index in [1.165, 1.54) is 43.7 Å². The van der Waals surface area contributed by atoms with Crippen LogP contribution in [0.3, 0.4) is 0 Å². The maximum atomic E-state index is 6.60. The number of benzene rings is 8. The smallest absolute Gasteiger partial charge is 0.232 e. The van der Waals surface area contributed by atoms with Crippen molar-refractivity contribution in [3.8, 4) is 28.2 Å². The predicted octanol–water partition coefficient (Wildman–Crippen LogP) is 13.0. The van der Waals surface area contributed by atoms with Crippen LogP contribution in [-0.2, 0) is 0 Å². The lowest BCUT2D eigenvalue weighted by Crippen LogP contribution is -1.96. The van der Waals surface area contributed by atoms with Gasteiger partial charge < -0.3 is 13.6 Å². The first-order valence-corrected chi connectivity index (χ1v) is 19.3. The highest BCUT2D eigenvalue weighted by atomic mass is 16.3. The van der Waals surface area contributed by atoms with Crippen molar-refractivity contribution in [3.05, 3.63) is 188 Å². The minimum Gasteiger partial charge on any atom is -0.437 e. The number of hydrogen-bond donors (Lipinski definition) is 0. The molecule has 0 fully saturated rings. The molecule has 13 rings (SSSR count). The third-order valence-electron chi connectivity index (χ3n) is 11.8. The average Bonchev–Trinajstić information content (AvgIpc) is 4.06. The molecule has 0 spiro atoms. The Morgan fingerprint density at radius 3 is 1.60 bits per heavy atom. The molecular weight excluding hydrogens is 699 g/mol. The molecule has 0 unspecified atom stereocenters. The summed E-state index contributed by atoms with van der Waals surface area (Å²) in [6, 6.07) is 67.2. The third kappa shape index (κ3) is 4.21. The number of nitrogens with zero attached hydrogens (tertiary/aromatic N) is 5. The van der Waals surface area contributed by atoms with E-state index < -0.39 is 0 Å². The molecule has 0 radical (unpaired) electrons. The Balaban J connectivity index is 1.08. The summed E-state index contributed by atoms with van der Waals surface area (Å²) in [5.41, 5.74) is 15.0. The Kier molecular flexibility index (Phi) is 6.07. The standard InChI is InChI=1S/C51H31N5O/c1-3-13-34(14-4-1)53-43-20-10-7-17-37(43)39-29-32(23-26-44(39)53)33-24-27-45-40(30-33)41-31-36(25-28-46(41)54(45)35-15-5-2-6-16-35)55-49-38-18-8-12-22-48(38)57-50(49)56-47-21-11-9-19-42(47)52-51(55)56/h1-31H. The lowest BCUT2D eigenvalue weighted by atomic mass is 10.0. The summed E-state index contributed by atoms with van der Waals surface area (Å²) in [7, 11) is 0. The summed E-state index contributed by atoms with van der Waals surface area (Å²) >= 11 is 0. The fourth-order valence-electron chi connectivity index (χ4n) is 9.29. The van der Waals surface area contributed by atoms with E-state index >= 15 is 0 Å². The lowest BCUT2D eigenvalue weighted by molar-refractivity contribution is 0.651. The number of fused-ring (bicyclic) bond motifs is 13. The van der Waals surface area contributed by atoms with Crippen molar-refractivity contribution in [2.24, 2.45) is 0 Å². The van der Waals surface area contributed by atoms with Crippen LogP contribution in [0.2, 0.25) is 0 Å². The van der Waals surface area contributed by atoms with Gasteiger partial charge in [-0.1, -0.05) is 91.0 Å². The molecule has 8 aromatic carbocycles. The molecule has 6 nitrogen and oxygen atoms in total. The van der Waals surface area contributed by atoms with Crippen LogP contribution in [0.4, 0.5) is 0 Å². The quantitative estimate of drug-likeness (QED) is 0.181. The second-order valence-corrected chi connectivity index (χ2v) is 14.8. The van der Waals surface area contributed by atoms with Gasteiger partial charge in [-0.25, -0.2) is 9.38 Å². The van der Waals surface area contributed by atoms with Crippen molar-refractivity contribution in [2.45, 2.75) is 0 Å². The predicted molar refractivity (Wildman–Crippen MR) is 233 cm³/mol. The summed E-state index contributed by atoms with van der Waals surface area (Å²) in [5.74, 6) is 0.825. The number of para-hydroxylation sites is 6. The van der Waals surface area contributed by atoms with E-state index in [-0.39, 0.29) is 0 Å². The van der Waals surface area contributed by atoms with Crippen molar-refractivity contribution in [2.75, 3.05) is 0 Å². The van der Waals surface area contributed by atoms with Crippen LogP contribution in [0.25, 0.3) is 111 Å². The topological polar surface area (TPSA) is 45.2 Å². The van der Waals surface area contributed by atoms with Gasteiger partial charge in [0.25, 0.3) is 0 Å². The van der Waals surface area contributed by atoms with Crippen molar-refractivity contribution in [3.63, 3.8) is 0 Å². The van der Waals surface area contributed by atoms with Crippen molar-refractivity contribution in [1.82, 2.24) is 23.1 Å². The summed E-state index contributed by atoms with van der Waals surface area (Å²) in [6.07, 6.45) is 0. The zero-order valence-corrected chi connectivity index (χ0v) is 30.5. The normalized spacial score (nSPS) is 12.2. The van der Waals surface area contributed by atoms with Crippen molar-refractivity contribution < 1.29 is 4.42 Å². The Morgan fingerprint density at radius 2 is 0.895 bits per heavy atom. The van der Waals surface area contributed by atoms with Gasteiger partial charge in [0.15, 0.2) is 0 Å². The van der Waals surface area contributed by atoms with Crippen LogP contribution in [0.1, 0.15) is 0 Å². The van der Waals surface area contributed by atoms with E-state index in [0.717, 1.165) is 67.1 Å². The van der Waals surface area contributed by atoms with Crippen LogP contribution in [-0.4, -0.2) is 23.1 Å². The van der Waals surface area contributed by atoms with E-state index in [2.05, 4.69) is 188 Å². The molecule has 0 aliphatic rings. The molecule has 57 heavy (non-hydrogen) atoms. The van der Waals surface area contributed by atoms with Gasteiger partial charge in [-0.3, -0.25) is 4.57 Å². The summed E-state index contributed by atoms with van der Waals surface area (Å²) in [4.78, 5) is 5.18. The average molecular weight is 730 g/mol. The van der Waals surface area contributed by atoms with E-state index in [1.54, 1.807) is 0 Å². The maximum absolute atomic E-state index is 6.60. The van der Waals surface area contributed by atoms with Gasteiger partial charge in [0.05, 0.1) is 38.8 Å². The first kappa shape index (κ1) is 30.5. The molecule has 0 atom stereocenters. The van der Waals surface area contributed by atoms with Gasteiger partial charge in [0.2, 0.25) is 11.5 Å². The zero-order chi connectivity index (χ0) is 37.2. The first-order valence-electron chi connectivity index (χ1n) is 19.3. The lowest BCUT2D eigenvalue weighted by Gasteiger charge is -2.09. The SMILES string of the molecule is c1ccc(-n2c3ccccc3c3cc(-c4ccc5c(c4)c4cc(-n6c7c8ccccc8oc7n7c8ccccc8nc67)ccc4n5-c4ccccc4)ccc32)cc1. The van der Waals surface area contributed by atoms with Crippen molar-refractivity contribution >= 4 is 82.6 Å². The molecular formula is C51H31N5O. The maximum Gasteiger partial charge on any atom is 0.232 e. The molecule has 5 aromatic heterocycles. The number of rotatable bonds is 4. The Hall–Kier alpha value is -7.83. The summed E-state index contributed by atoms with van der Waals surface area (Å²) < 4.78 is 15.8. The summed E-state index contributed by atoms with van der Waals surface area (Å²) in [6.45, 7) is 0. The molecule has 0 saturated heterocycles. The van der Waals surface area contributed by atoms with Gasteiger partial charge in [0.1, 0.15) is 11.1 Å². The molecule has 266 valence electrons. The van der Waals surface area contributed by atoms with Crippen LogP contribution in [0.15, 0.2) is 192 Å². The second kappa shape index (κ2) is 11.4. The van der Waals surface area contributed by atoms with E-state index in [1.807, 2.05) is 18.2 Å². The molecule has 0 aliphatic carbocycles. The molecule has 0 bridgehead atoms. The first-order chi connectivity index (χ1) is 28.3. The minimum atomic E-state index is 0.790. The van der Waals surface area contributed by atoms with E-state index in [9.17, 15) is 0 Å². The molecule has 0 aliphatic heterocycles. The van der Waals surface area contributed by atoms with Crippen molar-refractivity contribution in [1.29, 1.82) is 0 Å². The highest BCUT2D eigenvalue weighted by molar-refractivity contribution is 6.14. The third-order valence-corrected chi connectivity index (χ3v) is 11.8. The Bertz CT molecular complexity index is 3750. The summed E-state index contributed by atoms with van der Waals surface area (Å²) in [5, 5.41) is 5.89. The van der Waals surface area contributed by atoms with Crippen LogP contribution in [0, 0.1) is 0 Å². The number of aromatic nitrogens is 5. The number of imidazole rings is 2. The van der Waals surface area contributed by atoms with Gasteiger partial charge in [-0.2, -0.15) is 0 Å². The zero-order valence-electron chi connectivity index (χ0n) is 30.5. The number of hydrogen-bond acceptors (Lipinski definition) is 2. The van der Waals surface area contributed by atoms with E-state index in [4.69, 9.17) is 9.40 Å². The van der Waals surface area contributed by atoms with E-state index in [0.29, 0.717) is 0 Å². The Morgan fingerprint density at radius 1 is 0.368 bits per heavy atom. The second-order valence-electron chi connectivity index (χ2n) is 14.8. The highest BCUT2D eigenvalue weighted by Crippen LogP contribution is 2.41. The Labute approximate surface area is 325 Å². The van der Waals surface area contributed by atoms with Crippen LogP contribution < -0.4 is 0 Å². The van der Waals surface area contributed by atoms with Gasteiger partial charge in [-0.15, -0.1) is 0 Å². The minimum absolute atomic E-state index is 0.790. The molecule has 13 aromatic rings. The van der Waals surface area contributed by atoms with Crippen LogP contribution >= 0.6 is 0 Å². The van der Waals surface area contributed by atoms with Gasteiger partial charge in [0, 0.05) is 38.3 Å². The number of furan rings is 1. The fraction of sp³-hybridized carbons (Fsp3) is 0. The fourth-order valence-corrected chi connectivity index (χ4v) is 9.29. The molecule has 0 N–H and O–H groups in total. The highest BCUT2D eigenvalue weighted by Gasteiger charge is 2.24. The molecule has 6 heteroatoms. The van der Waals surface area contributed by atoms with Gasteiger partial charge in [-0.05, 0) is 108 Å². The molecule has 0 amide bonds. The van der Waals surface area contributed by atoms with Crippen LogP contribution in [0.5, 0.6) is 0 Å². The monoisotopic (exact) mass is 729 g/mol. The van der Waals surface area contributed by atoms with Gasteiger partial charge >= 0.3 is 0 Å². The molecule has 0 saturated carbocycles.